The van der Waals surface area contributed by atoms with Crippen LogP contribution in [0, 0.1) is 12.7 Å². The lowest BCUT2D eigenvalue weighted by atomic mass is 10.1. The Morgan fingerprint density at radius 3 is 2.33 bits per heavy atom. The lowest BCUT2D eigenvalue weighted by Crippen LogP contribution is -2.33. The normalized spacial score (nSPS) is 14.3. The zero-order chi connectivity index (χ0) is 24.7. The van der Waals surface area contributed by atoms with Gasteiger partial charge in [-0.05, 0) is 31.2 Å². The van der Waals surface area contributed by atoms with E-state index in [-0.39, 0.29) is 30.7 Å². The van der Waals surface area contributed by atoms with Gasteiger partial charge >= 0.3 is 24.5 Å². The van der Waals surface area contributed by atoms with Gasteiger partial charge in [0.15, 0.2) is 5.75 Å². The predicted molar refractivity (Wildman–Crippen MR) is 101 cm³/mol. The molecular formula is C19H15F7N4O3. The van der Waals surface area contributed by atoms with Crippen LogP contribution in [0.1, 0.15) is 16.8 Å². The van der Waals surface area contributed by atoms with Crippen LogP contribution in [0.15, 0.2) is 24.3 Å². The number of alkyl halides is 6. The average Bonchev–Trinajstić information content (AvgIpc) is 3.13. The van der Waals surface area contributed by atoms with Crippen molar-refractivity contribution in [1.29, 1.82) is 0 Å². The number of aromatic nitrogens is 1. The number of pyridine rings is 1. The molecule has 2 aromatic rings. The fourth-order valence-corrected chi connectivity index (χ4v) is 2.96. The number of amides is 3. The van der Waals surface area contributed by atoms with Crippen LogP contribution in [0.5, 0.6) is 5.75 Å². The maximum atomic E-state index is 13.7. The number of aryl methyl sites for hydroxylation is 1. The van der Waals surface area contributed by atoms with Crippen molar-refractivity contribution >= 4 is 23.6 Å². The summed E-state index contributed by atoms with van der Waals surface area (Å²) in [6, 6.07) is 1.13. The van der Waals surface area contributed by atoms with Crippen LogP contribution in [-0.2, 0) is 12.4 Å². The number of anilines is 2. The Morgan fingerprint density at radius 1 is 1.15 bits per heavy atom. The van der Waals surface area contributed by atoms with E-state index in [1.165, 1.54) is 6.92 Å². The second kappa shape index (κ2) is 8.41. The van der Waals surface area contributed by atoms with Gasteiger partial charge in [-0.3, -0.25) is 9.80 Å². The summed E-state index contributed by atoms with van der Waals surface area (Å²) < 4.78 is 99.3. The fraction of sp³-hybridized carbons (Fsp3) is 0.316. The molecule has 14 heteroatoms. The van der Waals surface area contributed by atoms with Crippen molar-refractivity contribution in [2.24, 2.45) is 0 Å². The number of carbonyl (C=O) groups is 2. The van der Waals surface area contributed by atoms with Crippen molar-refractivity contribution in [1.82, 2.24) is 10.3 Å². The molecule has 1 saturated heterocycles. The van der Waals surface area contributed by atoms with Crippen LogP contribution in [0.25, 0.3) is 0 Å². The number of rotatable bonds is 3. The zero-order valence-electron chi connectivity index (χ0n) is 16.9. The first-order valence-corrected chi connectivity index (χ1v) is 9.16. The van der Waals surface area contributed by atoms with Gasteiger partial charge in [-0.1, -0.05) is 0 Å². The van der Waals surface area contributed by atoms with E-state index in [2.05, 4.69) is 10.3 Å². The molecule has 0 radical (unpaired) electrons. The highest BCUT2D eigenvalue weighted by atomic mass is 19.4. The average molecular weight is 480 g/mol. The van der Waals surface area contributed by atoms with Crippen molar-refractivity contribution in [2.75, 3.05) is 29.9 Å². The number of hydrogen-bond acceptors (Lipinski definition) is 4. The Balaban J connectivity index is 2.12. The first-order chi connectivity index (χ1) is 15.2. The van der Waals surface area contributed by atoms with Gasteiger partial charge in [0.2, 0.25) is 0 Å². The molecule has 0 saturated carbocycles. The van der Waals surface area contributed by atoms with Crippen LogP contribution < -0.4 is 19.9 Å². The van der Waals surface area contributed by atoms with Gasteiger partial charge in [0, 0.05) is 20.1 Å². The smallest absolute Gasteiger partial charge is 0.407 e. The van der Waals surface area contributed by atoms with Gasteiger partial charge in [-0.25, -0.2) is 19.0 Å². The Labute approximate surface area is 181 Å². The number of nitrogens with one attached hydrogen (secondary N) is 1. The number of carbonyl (C=O) groups excluding carboxylic acids is 2. The quantitative estimate of drug-likeness (QED) is 0.645. The molecule has 3 amide bonds. The maximum Gasteiger partial charge on any atom is 0.420 e. The molecule has 1 N–H and O–H groups in total. The lowest BCUT2D eigenvalue weighted by molar-refractivity contribution is -0.143. The van der Waals surface area contributed by atoms with E-state index in [0.29, 0.717) is 15.9 Å². The molecule has 1 aromatic heterocycles. The Bertz CT molecular complexity index is 1100. The highest BCUT2D eigenvalue weighted by molar-refractivity contribution is 5.97. The van der Waals surface area contributed by atoms with E-state index in [1.807, 2.05) is 0 Å². The molecule has 1 aromatic carbocycles. The molecule has 0 spiro atoms. The lowest BCUT2D eigenvalue weighted by Gasteiger charge is -2.25. The molecule has 7 nitrogen and oxygen atoms in total. The standard InChI is InChI=1S/C19H15F7N4O3/c1-9-12(20)3-4-14(28-9)29(2)17(32)33-15-11(19(24,25)26)7-10(18(21,22)23)8-13(15)30-6-5-27-16(30)31/h3-4,7-8H,5-6H2,1-2H3,(H,27,31). The molecule has 0 atom stereocenters. The molecule has 0 bridgehead atoms. The molecule has 1 aliphatic heterocycles. The number of benzene rings is 1. The number of ether oxygens (including phenoxy) is 1. The summed E-state index contributed by atoms with van der Waals surface area (Å²) in [4.78, 5) is 29.6. The van der Waals surface area contributed by atoms with E-state index >= 15 is 0 Å². The second-order valence-electron chi connectivity index (χ2n) is 6.91. The highest BCUT2D eigenvalue weighted by Crippen LogP contribution is 2.46. The van der Waals surface area contributed by atoms with Gasteiger partial charge < -0.3 is 10.1 Å². The molecule has 2 heterocycles. The summed E-state index contributed by atoms with van der Waals surface area (Å²) in [6.07, 6.45) is -12.0. The summed E-state index contributed by atoms with van der Waals surface area (Å²) in [5, 5.41) is 2.25. The van der Waals surface area contributed by atoms with E-state index in [1.54, 1.807) is 0 Å². The summed E-state index contributed by atoms with van der Waals surface area (Å²) in [7, 11) is 1.06. The Hall–Kier alpha value is -3.58. The third kappa shape index (κ3) is 4.93. The predicted octanol–water partition coefficient (Wildman–Crippen LogP) is 4.73. The van der Waals surface area contributed by atoms with Gasteiger partial charge in [-0.15, -0.1) is 0 Å². The van der Waals surface area contributed by atoms with E-state index in [0.717, 1.165) is 19.2 Å². The summed E-state index contributed by atoms with van der Waals surface area (Å²) in [6.45, 7) is 0.957. The Kier molecular flexibility index (Phi) is 6.13. The van der Waals surface area contributed by atoms with Crippen molar-refractivity contribution in [2.45, 2.75) is 19.3 Å². The number of nitrogens with zero attached hydrogens (tertiary/aromatic N) is 3. The summed E-state index contributed by atoms with van der Waals surface area (Å²) in [5.41, 5.74) is -4.60. The highest BCUT2D eigenvalue weighted by Gasteiger charge is 2.43. The fourth-order valence-electron chi connectivity index (χ4n) is 2.96. The van der Waals surface area contributed by atoms with Crippen LogP contribution in [0.4, 0.5) is 51.8 Å². The number of urea groups is 1. The molecule has 33 heavy (non-hydrogen) atoms. The first kappa shape index (κ1) is 24.1. The van der Waals surface area contributed by atoms with Gasteiger partial charge in [0.05, 0.1) is 16.9 Å². The first-order valence-electron chi connectivity index (χ1n) is 9.16. The second-order valence-corrected chi connectivity index (χ2v) is 6.91. The van der Waals surface area contributed by atoms with Crippen molar-refractivity contribution < 1.29 is 45.1 Å². The molecule has 0 aliphatic carbocycles. The largest absolute Gasteiger partial charge is 0.420 e. The third-order valence-corrected chi connectivity index (χ3v) is 4.66. The summed E-state index contributed by atoms with van der Waals surface area (Å²) in [5.74, 6) is -2.19. The van der Waals surface area contributed by atoms with Gasteiger partial charge in [0.25, 0.3) is 0 Å². The topological polar surface area (TPSA) is 74.8 Å². The van der Waals surface area contributed by atoms with Crippen molar-refractivity contribution in [3.63, 3.8) is 0 Å². The van der Waals surface area contributed by atoms with Crippen LogP contribution in [0.3, 0.4) is 0 Å². The number of hydrogen-bond donors (Lipinski definition) is 1. The summed E-state index contributed by atoms with van der Waals surface area (Å²) >= 11 is 0. The third-order valence-electron chi connectivity index (χ3n) is 4.66. The molecule has 3 rings (SSSR count). The molecule has 0 unspecified atom stereocenters. The zero-order valence-corrected chi connectivity index (χ0v) is 16.9. The minimum Gasteiger partial charge on any atom is -0.407 e. The van der Waals surface area contributed by atoms with Gasteiger partial charge in [0.1, 0.15) is 17.2 Å². The van der Waals surface area contributed by atoms with Crippen molar-refractivity contribution in [3.05, 3.63) is 46.9 Å². The molecule has 1 fully saturated rings. The Morgan fingerprint density at radius 2 is 1.82 bits per heavy atom. The van der Waals surface area contributed by atoms with Crippen LogP contribution in [0.2, 0.25) is 0 Å². The minimum atomic E-state index is -5.37. The maximum absolute atomic E-state index is 13.7. The van der Waals surface area contributed by atoms with E-state index in [9.17, 15) is 40.3 Å². The van der Waals surface area contributed by atoms with Gasteiger partial charge in [-0.2, -0.15) is 26.3 Å². The molecular weight excluding hydrogens is 465 g/mol. The van der Waals surface area contributed by atoms with Crippen LogP contribution in [-0.4, -0.2) is 37.2 Å². The monoisotopic (exact) mass is 480 g/mol. The van der Waals surface area contributed by atoms with Crippen molar-refractivity contribution in [3.8, 4) is 5.75 Å². The SMILES string of the molecule is Cc1nc(N(C)C(=O)Oc2c(N3CCNC3=O)cc(C(F)(F)F)cc2C(F)(F)F)ccc1F. The van der Waals surface area contributed by atoms with E-state index < -0.39 is 52.9 Å². The molecule has 178 valence electrons. The van der Waals surface area contributed by atoms with Crippen LogP contribution >= 0.6 is 0 Å². The van der Waals surface area contributed by atoms with E-state index in [4.69, 9.17) is 4.74 Å². The minimum absolute atomic E-state index is 0.0531. The number of halogens is 7. The molecule has 1 aliphatic rings.